The predicted octanol–water partition coefficient (Wildman–Crippen LogP) is 1.14. The Kier molecular flexibility index (Phi) is 4.62. The fourth-order valence-corrected chi connectivity index (χ4v) is 3.27. The molecule has 18 heavy (non-hydrogen) atoms. The second-order valence-electron chi connectivity index (χ2n) is 5.88. The molecule has 0 bridgehead atoms. The molecule has 1 saturated heterocycles. The molecule has 1 heterocycles. The van der Waals surface area contributed by atoms with Gasteiger partial charge in [-0.2, -0.15) is 0 Å². The summed E-state index contributed by atoms with van der Waals surface area (Å²) in [4.78, 5) is 14.2. The molecule has 1 amide bonds. The highest BCUT2D eigenvalue weighted by Crippen LogP contribution is 2.29. The number of nitrogens with zero attached hydrogens (tertiary/aromatic N) is 1. The van der Waals surface area contributed by atoms with E-state index in [-0.39, 0.29) is 18.1 Å². The Morgan fingerprint density at radius 3 is 2.50 bits per heavy atom. The van der Waals surface area contributed by atoms with Gasteiger partial charge in [0.15, 0.2) is 0 Å². The van der Waals surface area contributed by atoms with Crippen LogP contribution in [0.25, 0.3) is 0 Å². The summed E-state index contributed by atoms with van der Waals surface area (Å²) in [6.45, 7) is 2.80. The molecule has 2 atom stereocenters. The number of carbonyl (C=O) groups is 1. The Morgan fingerprint density at radius 2 is 2.00 bits per heavy atom. The quantitative estimate of drug-likeness (QED) is 0.794. The molecule has 0 radical (unpaired) electrons. The highest BCUT2D eigenvalue weighted by molar-refractivity contribution is 5.82. The third-order valence-corrected chi connectivity index (χ3v) is 4.69. The Morgan fingerprint density at radius 1 is 1.33 bits per heavy atom. The molecule has 104 valence electrons. The molecule has 4 heteroatoms. The van der Waals surface area contributed by atoms with Crippen LogP contribution >= 0.6 is 0 Å². The summed E-state index contributed by atoms with van der Waals surface area (Å²) in [7, 11) is 1.92. The minimum absolute atomic E-state index is 0.159. The first kappa shape index (κ1) is 13.8. The second kappa shape index (κ2) is 6.02. The van der Waals surface area contributed by atoms with Crippen molar-refractivity contribution in [2.24, 2.45) is 5.92 Å². The third kappa shape index (κ3) is 3.04. The van der Waals surface area contributed by atoms with E-state index in [2.05, 4.69) is 12.2 Å². The van der Waals surface area contributed by atoms with Crippen LogP contribution in [0.5, 0.6) is 0 Å². The van der Waals surface area contributed by atoms with Crippen molar-refractivity contribution in [2.45, 2.75) is 63.6 Å². The molecule has 0 aromatic heterocycles. The van der Waals surface area contributed by atoms with Crippen LogP contribution in [0.15, 0.2) is 0 Å². The smallest absolute Gasteiger partial charge is 0.239 e. The molecule has 0 spiro atoms. The number of β-amino-alcohol motifs (C(OH)–C–C–N with tert-alkyl or cyclic N) is 1. The van der Waals surface area contributed by atoms with Gasteiger partial charge in [0.1, 0.15) is 0 Å². The van der Waals surface area contributed by atoms with Crippen molar-refractivity contribution in [1.29, 1.82) is 0 Å². The van der Waals surface area contributed by atoms with Gasteiger partial charge in [-0.05, 0) is 38.0 Å². The normalized spacial score (nSPS) is 36.6. The van der Waals surface area contributed by atoms with Crippen LogP contribution in [0.2, 0.25) is 0 Å². The van der Waals surface area contributed by atoms with Crippen molar-refractivity contribution >= 4 is 5.91 Å². The molecule has 1 saturated carbocycles. The largest absolute Gasteiger partial charge is 0.392 e. The Bertz CT molecular complexity index is 288. The lowest BCUT2D eigenvalue weighted by Crippen LogP contribution is -2.47. The topological polar surface area (TPSA) is 52.6 Å². The fourth-order valence-electron chi connectivity index (χ4n) is 3.27. The zero-order valence-corrected chi connectivity index (χ0v) is 11.6. The number of hydrogen-bond acceptors (Lipinski definition) is 3. The van der Waals surface area contributed by atoms with E-state index in [1.165, 1.54) is 19.3 Å². The zero-order valence-electron chi connectivity index (χ0n) is 11.6. The van der Waals surface area contributed by atoms with Crippen molar-refractivity contribution < 1.29 is 9.90 Å². The molecule has 0 aromatic rings. The molecule has 2 N–H and O–H groups in total. The Hall–Kier alpha value is -0.610. The molecular weight excluding hydrogens is 228 g/mol. The van der Waals surface area contributed by atoms with Crippen LogP contribution in [-0.2, 0) is 4.79 Å². The van der Waals surface area contributed by atoms with Gasteiger partial charge in [-0.25, -0.2) is 0 Å². The molecule has 4 nitrogen and oxygen atoms in total. The molecule has 2 unspecified atom stereocenters. The van der Waals surface area contributed by atoms with Gasteiger partial charge in [0, 0.05) is 19.6 Å². The van der Waals surface area contributed by atoms with Crippen LogP contribution in [0.4, 0.5) is 0 Å². The van der Waals surface area contributed by atoms with Crippen molar-refractivity contribution in [3.05, 3.63) is 0 Å². The van der Waals surface area contributed by atoms with Gasteiger partial charge in [0.05, 0.1) is 12.1 Å². The summed E-state index contributed by atoms with van der Waals surface area (Å²) in [5.41, 5.74) is 0. The molecule has 2 aliphatic rings. The molecule has 2 fully saturated rings. The van der Waals surface area contributed by atoms with E-state index in [0.29, 0.717) is 19.0 Å². The third-order valence-electron chi connectivity index (χ3n) is 4.69. The first-order valence-electron chi connectivity index (χ1n) is 7.30. The average molecular weight is 254 g/mol. The van der Waals surface area contributed by atoms with Crippen molar-refractivity contribution in [3.63, 3.8) is 0 Å². The average Bonchev–Trinajstić information content (AvgIpc) is 2.84. The van der Waals surface area contributed by atoms with E-state index >= 15 is 0 Å². The molecule has 1 aliphatic carbocycles. The van der Waals surface area contributed by atoms with Gasteiger partial charge < -0.3 is 15.3 Å². The first-order valence-corrected chi connectivity index (χ1v) is 7.30. The van der Waals surface area contributed by atoms with Crippen LogP contribution in [-0.4, -0.2) is 47.7 Å². The van der Waals surface area contributed by atoms with Crippen LogP contribution < -0.4 is 5.32 Å². The maximum atomic E-state index is 12.3. The standard InChI is InChI=1S/C14H26N2O2/c1-3-10-4-6-11(7-5-10)16(2)14(18)13-8-12(17)9-15-13/h10-13,15,17H,3-9H2,1-2H3. The number of carbonyl (C=O) groups excluding carboxylic acids is 1. The zero-order chi connectivity index (χ0) is 13.1. The van der Waals surface area contributed by atoms with E-state index < -0.39 is 0 Å². The van der Waals surface area contributed by atoms with Crippen LogP contribution in [0, 0.1) is 5.92 Å². The van der Waals surface area contributed by atoms with Crippen molar-refractivity contribution in [1.82, 2.24) is 10.2 Å². The fraction of sp³-hybridized carbons (Fsp3) is 0.929. The summed E-state index contributed by atoms with van der Waals surface area (Å²) < 4.78 is 0. The van der Waals surface area contributed by atoms with Gasteiger partial charge in [-0.1, -0.05) is 13.3 Å². The summed E-state index contributed by atoms with van der Waals surface area (Å²) in [6.07, 6.45) is 6.24. The lowest BCUT2D eigenvalue weighted by Gasteiger charge is -2.35. The highest BCUT2D eigenvalue weighted by atomic mass is 16.3. The number of aliphatic hydroxyl groups excluding tert-OH is 1. The molecule has 0 aromatic carbocycles. The molecule has 1 aliphatic heterocycles. The van der Waals surface area contributed by atoms with Crippen molar-refractivity contribution in [2.75, 3.05) is 13.6 Å². The van der Waals surface area contributed by atoms with Gasteiger partial charge in [-0.3, -0.25) is 4.79 Å². The summed E-state index contributed by atoms with van der Waals surface area (Å²) >= 11 is 0. The number of rotatable bonds is 3. The number of hydrogen-bond donors (Lipinski definition) is 2. The van der Waals surface area contributed by atoms with Crippen molar-refractivity contribution in [3.8, 4) is 0 Å². The van der Waals surface area contributed by atoms with Gasteiger partial charge in [0.25, 0.3) is 0 Å². The number of amides is 1. The summed E-state index contributed by atoms with van der Waals surface area (Å²) in [5, 5.41) is 12.6. The Balaban J connectivity index is 1.84. The monoisotopic (exact) mass is 254 g/mol. The lowest BCUT2D eigenvalue weighted by molar-refractivity contribution is -0.134. The predicted molar refractivity (Wildman–Crippen MR) is 71.2 cm³/mol. The molecule has 2 rings (SSSR count). The number of aliphatic hydroxyl groups is 1. The van der Waals surface area contributed by atoms with Crippen LogP contribution in [0.1, 0.15) is 45.4 Å². The summed E-state index contributed by atoms with van der Waals surface area (Å²) in [6, 6.07) is 0.230. The van der Waals surface area contributed by atoms with E-state index in [1.54, 1.807) is 0 Å². The maximum absolute atomic E-state index is 12.3. The van der Waals surface area contributed by atoms with E-state index in [9.17, 15) is 9.90 Å². The SMILES string of the molecule is CCC1CCC(N(C)C(=O)C2CC(O)CN2)CC1. The number of nitrogens with one attached hydrogen (secondary N) is 1. The van der Waals surface area contributed by atoms with Gasteiger partial charge in [0.2, 0.25) is 5.91 Å². The van der Waals surface area contributed by atoms with E-state index in [0.717, 1.165) is 18.8 Å². The van der Waals surface area contributed by atoms with Crippen LogP contribution in [0.3, 0.4) is 0 Å². The van der Waals surface area contributed by atoms with Gasteiger partial charge >= 0.3 is 0 Å². The number of likely N-dealkylation sites (N-methyl/N-ethyl adjacent to an activating group) is 1. The minimum atomic E-state index is -0.358. The van der Waals surface area contributed by atoms with E-state index in [1.807, 2.05) is 11.9 Å². The Labute approximate surface area is 110 Å². The second-order valence-corrected chi connectivity index (χ2v) is 5.88. The van der Waals surface area contributed by atoms with Gasteiger partial charge in [-0.15, -0.1) is 0 Å². The lowest BCUT2D eigenvalue weighted by atomic mass is 9.84. The van der Waals surface area contributed by atoms with E-state index in [4.69, 9.17) is 0 Å². The first-order chi connectivity index (χ1) is 8.61. The molecular formula is C14H26N2O2. The highest BCUT2D eigenvalue weighted by Gasteiger charge is 2.33. The minimum Gasteiger partial charge on any atom is -0.392 e. The maximum Gasteiger partial charge on any atom is 0.239 e. The summed E-state index contributed by atoms with van der Waals surface area (Å²) in [5.74, 6) is 1.02.